The van der Waals surface area contributed by atoms with Crippen LogP contribution in [0.1, 0.15) is 79.0 Å². The van der Waals surface area contributed by atoms with Crippen LogP contribution in [0.2, 0.25) is 0 Å². The molecular weight excluding hydrogens is 2020 g/mol. The van der Waals surface area contributed by atoms with Gasteiger partial charge in [-0.05, 0) is 275 Å². The van der Waals surface area contributed by atoms with Gasteiger partial charge in [-0.25, -0.2) is 30.7 Å². The van der Waals surface area contributed by atoms with Crippen molar-refractivity contribution >= 4 is 65.4 Å². The summed E-state index contributed by atoms with van der Waals surface area (Å²) >= 11 is 0. The van der Waals surface area contributed by atoms with Gasteiger partial charge in [0.1, 0.15) is 74.8 Å². The number of halogens is 16. The van der Waals surface area contributed by atoms with Gasteiger partial charge in [-0.15, -0.1) is 0 Å². The molecular formula is C123H104F16O3S6+6. The summed E-state index contributed by atoms with van der Waals surface area (Å²) in [6.45, 7) is 18.6. The van der Waals surface area contributed by atoms with Gasteiger partial charge in [-0.1, -0.05) is 176 Å². The quantitative estimate of drug-likeness (QED) is 0.0530. The van der Waals surface area contributed by atoms with Gasteiger partial charge in [0, 0.05) is 78.9 Å². The molecule has 0 amide bonds. The molecule has 0 aliphatic carbocycles. The smallest absolute Gasteiger partial charge is 0.416 e. The van der Waals surface area contributed by atoms with Crippen molar-refractivity contribution in [3.63, 3.8) is 0 Å². The van der Waals surface area contributed by atoms with Crippen molar-refractivity contribution in [3.05, 3.63) is 525 Å². The summed E-state index contributed by atoms with van der Waals surface area (Å²) in [7, 11) is -3.74. The van der Waals surface area contributed by atoms with E-state index in [4.69, 9.17) is 14.2 Å². The van der Waals surface area contributed by atoms with Crippen LogP contribution in [-0.2, 0) is 83.9 Å². The lowest BCUT2D eigenvalue weighted by Crippen LogP contribution is -2.23. The first-order valence-electron chi connectivity index (χ1n) is 46.4. The van der Waals surface area contributed by atoms with E-state index < -0.39 is 114 Å². The molecule has 0 unspecified atom stereocenters. The highest BCUT2D eigenvalue weighted by Crippen LogP contribution is 2.45. The molecule has 148 heavy (non-hydrogen) atoms. The second-order valence-corrected chi connectivity index (χ2v) is 47.9. The standard InChI is InChI=1S/C30H39O3S.C20H13F6S.C19H14F3S.C18H11F4S.C18H13F2S.C18H14FS/c1-28(2,3)31-22-10-16-25(17-11-22)34(26-18-12-23(13-19-26)32-29(4,5)6)27-20-14-24(15-21-27)33-30(7,8)9;21-19(22,23)14-11-15(20(24,25)26)13-18(12-14)27(16-7-3-1-4-8-16)17-9-5-2-6-10-17;20-19(21,22)15-8-7-13-18(14-15)23(16-9-3-1-4-10-16)17-11-5-2-6-12-17;19-12-6-13(20)9-17(8-12)23(16-4-2-1-3-5-16)18-10-14(21)7-15(22)11-18;19-14-11-15(20)13-18(12-14)21(16-7-3-1-4-8-16)17-9-5-2-6-10-17;19-15-8-7-13-18(14-15)20(16-9-3-1-4-10-16)17-11-5-2-6-12-17/h10-21H,1-9H3;1-13H;1-14H;1-11H;1-13H;1-14H/q6*+1. The molecule has 0 aliphatic heterocycles. The first kappa shape index (κ1) is 112. The molecule has 18 aromatic carbocycles. The molecule has 0 aliphatic rings. The second kappa shape index (κ2) is 51.3. The van der Waals surface area contributed by atoms with Crippen molar-refractivity contribution < 1.29 is 84.5 Å². The monoisotopic (exact) mass is 2120 g/mol. The summed E-state index contributed by atoms with van der Waals surface area (Å²) in [5, 5.41) is 0. The SMILES string of the molecule is CC(C)(C)Oc1ccc([S+](c2ccc(OC(C)(C)C)cc2)c2ccc(OC(C)(C)C)cc2)cc1.FC(F)(F)c1cc([S+](c2ccccc2)c2ccccc2)cc(C(F)(F)F)c1.FC(F)(F)c1cccc([S+](c2ccccc2)c2ccccc2)c1.Fc1cc(F)cc([S+](c2ccccc2)c2cc(F)cc(F)c2)c1.Fc1cc(F)cc([S+](c2ccccc2)c2ccccc2)c1.Fc1cccc([S+](c2ccccc2)c2ccccc2)c1. The predicted molar refractivity (Wildman–Crippen MR) is 565 cm³/mol. The largest absolute Gasteiger partial charge is 0.488 e. The molecule has 0 saturated carbocycles. The number of rotatable bonds is 21. The van der Waals surface area contributed by atoms with Crippen LogP contribution in [0.25, 0.3) is 0 Å². The molecule has 18 aromatic rings. The summed E-state index contributed by atoms with van der Waals surface area (Å²) in [5.74, 6) is -1.57. The van der Waals surface area contributed by atoms with Crippen LogP contribution in [-0.4, -0.2) is 16.8 Å². The van der Waals surface area contributed by atoms with Gasteiger partial charge in [-0.2, -0.15) is 39.5 Å². The van der Waals surface area contributed by atoms with Crippen LogP contribution in [0.4, 0.5) is 70.2 Å². The van der Waals surface area contributed by atoms with Crippen molar-refractivity contribution in [3.8, 4) is 17.2 Å². The zero-order valence-corrected chi connectivity index (χ0v) is 86.6. The maximum absolute atomic E-state index is 13.6. The fourth-order valence-corrected chi connectivity index (χ4v) is 27.6. The molecule has 0 fully saturated rings. The summed E-state index contributed by atoms with van der Waals surface area (Å²) in [4.78, 5) is 15.1. The van der Waals surface area contributed by atoms with Gasteiger partial charge in [0.2, 0.25) is 0 Å². The maximum atomic E-state index is 13.6. The molecule has 0 N–H and O–H groups in total. The number of ether oxygens (including phenoxy) is 3. The van der Waals surface area contributed by atoms with Gasteiger partial charge < -0.3 is 14.2 Å². The minimum absolute atomic E-state index is 0.0328. The Bertz CT molecular complexity index is 6760. The highest BCUT2D eigenvalue weighted by atomic mass is 32.2. The Kier molecular flexibility index (Phi) is 38.7. The van der Waals surface area contributed by atoms with Gasteiger partial charge in [0.05, 0.1) is 82.1 Å². The Morgan fingerprint density at radius 3 is 0.514 bits per heavy atom. The lowest BCUT2D eigenvalue weighted by Gasteiger charge is -2.22. The number of alkyl halides is 9. The van der Waals surface area contributed by atoms with Crippen molar-refractivity contribution in [2.24, 2.45) is 0 Å². The molecule has 3 nitrogen and oxygen atoms in total. The van der Waals surface area contributed by atoms with E-state index in [1.165, 1.54) is 79.1 Å². The van der Waals surface area contributed by atoms with Crippen LogP contribution >= 0.6 is 0 Å². The summed E-state index contributed by atoms with van der Waals surface area (Å²) in [6, 6.07) is 135. The third-order valence-electron chi connectivity index (χ3n) is 20.7. The Labute approximate surface area is 870 Å². The topological polar surface area (TPSA) is 27.7 Å². The number of hydrogen-bond acceptors (Lipinski definition) is 3. The summed E-state index contributed by atoms with van der Waals surface area (Å²) in [5.41, 5.74) is -3.91. The minimum Gasteiger partial charge on any atom is -0.488 e. The summed E-state index contributed by atoms with van der Waals surface area (Å²) < 4.78 is 232. The molecule has 0 bridgehead atoms. The van der Waals surface area contributed by atoms with Gasteiger partial charge >= 0.3 is 18.5 Å². The van der Waals surface area contributed by atoms with Gasteiger partial charge in [-0.3, -0.25) is 0 Å². The minimum atomic E-state index is -4.88. The first-order valence-corrected chi connectivity index (χ1v) is 53.8. The van der Waals surface area contributed by atoms with Gasteiger partial charge in [0.15, 0.2) is 88.1 Å². The lowest BCUT2D eigenvalue weighted by atomic mass is 10.1. The Morgan fingerprint density at radius 2 is 0.304 bits per heavy atom. The van der Waals surface area contributed by atoms with E-state index >= 15 is 0 Å². The van der Waals surface area contributed by atoms with E-state index in [0.717, 1.165) is 78.1 Å². The third-order valence-corrected chi connectivity index (χ3v) is 33.9. The highest BCUT2D eigenvalue weighted by molar-refractivity contribution is 7.98. The number of hydrogen-bond donors (Lipinski definition) is 0. The van der Waals surface area contributed by atoms with E-state index in [1.807, 2.05) is 164 Å². The number of benzene rings is 18. The van der Waals surface area contributed by atoms with E-state index in [9.17, 15) is 70.2 Å². The van der Waals surface area contributed by atoms with Crippen LogP contribution < -0.4 is 14.2 Å². The molecule has 0 spiro atoms. The van der Waals surface area contributed by atoms with Crippen LogP contribution in [0.15, 0.2) is 555 Å². The van der Waals surface area contributed by atoms with Crippen molar-refractivity contribution in [1.29, 1.82) is 0 Å². The molecule has 0 atom stereocenters. The Hall–Kier alpha value is -13.7. The lowest BCUT2D eigenvalue weighted by molar-refractivity contribution is -0.143. The van der Waals surface area contributed by atoms with E-state index in [1.54, 1.807) is 109 Å². The van der Waals surface area contributed by atoms with Gasteiger partial charge in [0.25, 0.3) is 0 Å². The van der Waals surface area contributed by atoms with E-state index in [-0.39, 0.29) is 55.4 Å². The third kappa shape index (κ3) is 33.4. The highest BCUT2D eigenvalue weighted by Gasteiger charge is 2.43. The molecule has 18 rings (SSSR count). The fraction of sp³-hybridized carbons (Fsp3) is 0.122. The van der Waals surface area contributed by atoms with Crippen molar-refractivity contribution in [2.45, 2.75) is 186 Å². The molecule has 756 valence electrons. The normalized spacial score (nSPS) is 11.6. The van der Waals surface area contributed by atoms with Crippen molar-refractivity contribution in [1.82, 2.24) is 0 Å². The van der Waals surface area contributed by atoms with Crippen LogP contribution in [0, 0.1) is 40.7 Å². The second-order valence-electron chi connectivity index (χ2n) is 35.8. The van der Waals surface area contributed by atoms with Crippen molar-refractivity contribution in [2.75, 3.05) is 0 Å². The molecule has 25 heteroatoms. The zero-order chi connectivity index (χ0) is 106. The first-order chi connectivity index (χ1) is 70.5. The molecule has 0 radical (unpaired) electrons. The van der Waals surface area contributed by atoms with Crippen LogP contribution in [0.3, 0.4) is 0 Å². The molecule has 0 aromatic heterocycles. The average Bonchev–Trinajstić information content (AvgIpc) is 0.772. The van der Waals surface area contributed by atoms with E-state index in [0.29, 0.717) is 34.3 Å². The molecule has 0 saturated heterocycles. The maximum Gasteiger partial charge on any atom is 0.416 e. The Balaban J connectivity index is 0.000000150. The average molecular weight is 2130 g/mol. The summed E-state index contributed by atoms with van der Waals surface area (Å²) in [6.07, 6.45) is -14.1. The fourth-order valence-electron chi connectivity index (χ4n) is 14.8. The van der Waals surface area contributed by atoms with Crippen LogP contribution in [0.5, 0.6) is 17.2 Å². The zero-order valence-electron chi connectivity index (χ0n) is 81.7. The Morgan fingerprint density at radius 1 is 0.142 bits per heavy atom. The molecule has 0 heterocycles. The van der Waals surface area contributed by atoms with E-state index in [2.05, 4.69) is 159 Å². The predicted octanol–water partition coefficient (Wildman–Crippen LogP) is 36.3.